The van der Waals surface area contributed by atoms with Crippen molar-refractivity contribution in [1.82, 2.24) is 14.7 Å². The average molecular weight is 333 g/mol. The molecule has 1 fully saturated rings. The van der Waals surface area contributed by atoms with Gasteiger partial charge in [0.2, 0.25) is 0 Å². The van der Waals surface area contributed by atoms with E-state index in [2.05, 4.69) is 34.4 Å². The molecule has 0 radical (unpaired) electrons. The van der Waals surface area contributed by atoms with Crippen LogP contribution in [0, 0.1) is 0 Å². The van der Waals surface area contributed by atoms with Crippen LogP contribution in [0.5, 0.6) is 0 Å². The van der Waals surface area contributed by atoms with Crippen LogP contribution in [-0.2, 0) is 14.4 Å². The molecule has 0 amide bonds. The molecule has 0 saturated carbocycles. The van der Waals surface area contributed by atoms with Crippen molar-refractivity contribution in [2.75, 3.05) is 39.6 Å². The van der Waals surface area contributed by atoms with E-state index in [0.717, 1.165) is 0 Å². The molecular formula is C18H27N3O3. The summed E-state index contributed by atoms with van der Waals surface area (Å²) in [6.07, 6.45) is 5.27. The first-order valence-corrected chi connectivity index (χ1v) is 8.11. The van der Waals surface area contributed by atoms with Gasteiger partial charge in [0.25, 0.3) is 0 Å². The van der Waals surface area contributed by atoms with E-state index in [-0.39, 0.29) is 17.3 Å². The third-order valence-corrected chi connectivity index (χ3v) is 3.91. The molecule has 0 unspecified atom stereocenters. The number of carbonyl (C=O) groups is 3. The van der Waals surface area contributed by atoms with Crippen molar-refractivity contribution < 1.29 is 14.4 Å². The van der Waals surface area contributed by atoms with Gasteiger partial charge in [-0.25, -0.2) is 0 Å². The Kier molecular flexibility index (Phi) is 9.07. The summed E-state index contributed by atoms with van der Waals surface area (Å²) in [5.41, 5.74) is 0. The second-order valence-corrected chi connectivity index (χ2v) is 5.87. The third kappa shape index (κ3) is 7.59. The van der Waals surface area contributed by atoms with Crippen LogP contribution >= 0.6 is 0 Å². The zero-order chi connectivity index (χ0) is 17.9. The fourth-order valence-electron chi connectivity index (χ4n) is 2.52. The van der Waals surface area contributed by atoms with Crippen LogP contribution in [0.25, 0.3) is 0 Å². The van der Waals surface area contributed by atoms with Gasteiger partial charge in [-0.1, -0.05) is 19.7 Å². The molecule has 132 valence electrons. The molecule has 0 aromatic rings. The predicted molar refractivity (Wildman–Crippen MR) is 94.2 cm³/mol. The third-order valence-electron chi connectivity index (χ3n) is 3.91. The molecule has 0 N–H and O–H groups in total. The van der Waals surface area contributed by atoms with Crippen molar-refractivity contribution in [2.45, 2.75) is 19.3 Å². The molecule has 0 aromatic heterocycles. The van der Waals surface area contributed by atoms with Crippen LogP contribution in [0.1, 0.15) is 19.3 Å². The average Bonchev–Trinajstić information content (AvgIpc) is 2.61. The van der Waals surface area contributed by atoms with Crippen molar-refractivity contribution in [3.63, 3.8) is 0 Å². The molecule has 1 saturated heterocycles. The first kappa shape index (κ1) is 20.2. The Morgan fingerprint density at radius 1 is 0.625 bits per heavy atom. The van der Waals surface area contributed by atoms with Crippen LogP contribution in [0.3, 0.4) is 0 Å². The summed E-state index contributed by atoms with van der Waals surface area (Å²) >= 11 is 0. The second kappa shape index (κ2) is 10.8. The van der Waals surface area contributed by atoms with Gasteiger partial charge in [0.05, 0.1) is 20.0 Å². The van der Waals surface area contributed by atoms with E-state index in [4.69, 9.17) is 0 Å². The van der Waals surface area contributed by atoms with Crippen molar-refractivity contribution in [3.8, 4) is 0 Å². The summed E-state index contributed by atoms with van der Waals surface area (Å²) in [6.45, 7) is 14.4. The quantitative estimate of drug-likeness (QED) is 0.500. The van der Waals surface area contributed by atoms with Crippen LogP contribution in [-0.4, -0.2) is 71.7 Å². The largest absolute Gasteiger partial charge is 0.295 e. The summed E-state index contributed by atoms with van der Waals surface area (Å²) in [7, 11) is 0. The lowest BCUT2D eigenvalue weighted by Gasteiger charge is -2.42. The number of ketones is 3. The number of hydrogen-bond acceptors (Lipinski definition) is 6. The van der Waals surface area contributed by atoms with E-state index in [1.54, 1.807) is 0 Å². The number of nitrogens with zero attached hydrogens (tertiary/aromatic N) is 3. The Morgan fingerprint density at radius 3 is 1.08 bits per heavy atom. The van der Waals surface area contributed by atoms with Gasteiger partial charge < -0.3 is 0 Å². The molecular weight excluding hydrogens is 306 g/mol. The highest BCUT2D eigenvalue weighted by molar-refractivity contribution is 5.89. The molecule has 0 atom stereocenters. The van der Waals surface area contributed by atoms with E-state index in [9.17, 15) is 14.4 Å². The van der Waals surface area contributed by atoms with Gasteiger partial charge in [0.1, 0.15) is 0 Å². The SMILES string of the molecule is C=CC(=O)CCN1CN(CCC(=O)C=C)CN(CCC(=O)C=C)C1. The number of rotatable bonds is 12. The van der Waals surface area contributed by atoms with Gasteiger partial charge in [-0.3, -0.25) is 29.1 Å². The Hall–Kier alpha value is -1.89. The van der Waals surface area contributed by atoms with E-state index in [0.29, 0.717) is 58.9 Å². The summed E-state index contributed by atoms with van der Waals surface area (Å²) < 4.78 is 0. The van der Waals surface area contributed by atoms with E-state index >= 15 is 0 Å². The number of carbonyl (C=O) groups excluding carboxylic acids is 3. The zero-order valence-electron chi connectivity index (χ0n) is 14.3. The molecule has 0 aliphatic carbocycles. The maximum Gasteiger partial charge on any atom is 0.156 e. The maximum absolute atomic E-state index is 11.4. The highest BCUT2D eigenvalue weighted by Crippen LogP contribution is 2.10. The molecule has 24 heavy (non-hydrogen) atoms. The molecule has 6 heteroatoms. The Labute approximate surface area is 144 Å². The minimum Gasteiger partial charge on any atom is -0.295 e. The van der Waals surface area contributed by atoms with Gasteiger partial charge >= 0.3 is 0 Å². The van der Waals surface area contributed by atoms with Crippen LogP contribution in [0.4, 0.5) is 0 Å². The predicted octanol–water partition coefficient (Wildman–Crippen LogP) is 1.21. The Bertz CT molecular complexity index is 424. The molecule has 0 spiro atoms. The second-order valence-electron chi connectivity index (χ2n) is 5.87. The topological polar surface area (TPSA) is 60.9 Å². The fourth-order valence-corrected chi connectivity index (χ4v) is 2.52. The summed E-state index contributed by atoms with van der Waals surface area (Å²) in [5.74, 6) is 0.0482. The highest BCUT2D eigenvalue weighted by atomic mass is 16.1. The van der Waals surface area contributed by atoms with Crippen LogP contribution < -0.4 is 0 Å². The van der Waals surface area contributed by atoms with Gasteiger partial charge in [-0.2, -0.15) is 0 Å². The van der Waals surface area contributed by atoms with Crippen molar-refractivity contribution in [3.05, 3.63) is 38.0 Å². The minimum absolute atomic E-state index is 0.0161. The molecule has 0 aromatic carbocycles. The van der Waals surface area contributed by atoms with E-state index in [1.807, 2.05) is 0 Å². The Balaban J connectivity index is 2.59. The first-order chi connectivity index (χ1) is 11.5. The van der Waals surface area contributed by atoms with Crippen LogP contribution in [0.2, 0.25) is 0 Å². The lowest BCUT2D eigenvalue weighted by molar-refractivity contribution is -0.116. The first-order valence-electron chi connectivity index (χ1n) is 8.11. The molecule has 1 rings (SSSR count). The smallest absolute Gasteiger partial charge is 0.156 e. The lowest BCUT2D eigenvalue weighted by atomic mass is 10.2. The normalized spacial score (nSPS) is 16.5. The van der Waals surface area contributed by atoms with Gasteiger partial charge in [-0.05, 0) is 18.2 Å². The van der Waals surface area contributed by atoms with Crippen molar-refractivity contribution >= 4 is 17.3 Å². The van der Waals surface area contributed by atoms with E-state index < -0.39 is 0 Å². The maximum atomic E-state index is 11.4. The standard InChI is InChI=1S/C18H27N3O3/c1-4-16(22)7-10-19-13-20(11-8-17(23)5-2)15-21(14-19)12-9-18(24)6-3/h4-6H,1-3,7-15H2. The van der Waals surface area contributed by atoms with Gasteiger partial charge in [0, 0.05) is 38.9 Å². The summed E-state index contributed by atoms with van der Waals surface area (Å²) in [6, 6.07) is 0. The van der Waals surface area contributed by atoms with Crippen molar-refractivity contribution in [1.29, 1.82) is 0 Å². The number of hydrogen-bond donors (Lipinski definition) is 0. The highest BCUT2D eigenvalue weighted by Gasteiger charge is 2.23. The molecule has 1 aliphatic rings. The van der Waals surface area contributed by atoms with Gasteiger partial charge in [0.15, 0.2) is 17.3 Å². The molecule has 6 nitrogen and oxygen atoms in total. The van der Waals surface area contributed by atoms with Crippen LogP contribution in [0.15, 0.2) is 38.0 Å². The van der Waals surface area contributed by atoms with E-state index in [1.165, 1.54) is 18.2 Å². The van der Waals surface area contributed by atoms with Gasteiger partial charge in [-0.15, -0.1) is 0 Å². The lowest BCUT2D eigenvalue weighted by Crippen LogP contribution is -2.55. The monoisotopic (exact) mass is 333 g/mol. The zero-order valence-corrected chi connectivity index (χ0v) is 14.3. The fraction of sp³-hybridized carbons (Fsp3) is 0.500. The Morgan fingerprint density at radius 2 is 0.875 bits per heavy atom. The molecule has 0 bridgehead atoms. The minimum atomic E-state index is 0.0161. The number of allylic oxidation sites excluding steroid dienone is 3. The summed E-state index contributed by atoms with van der Waals surface area (Å²) in [5, 5.41) is 0. The molecule has 1 heterocycles. The summed E-state index contributed by atoms with van der Waals surface area (Å²) in [4.78, 5) is 40.7. The molecule has 1 aliphatic heterocycles. The van der Waals surface area contributed by atoms with Crippen molar-refractivity contribution in [2.24, 2.45) is 0 Å².